The number of hydrogen-bond donors (Lipinski definition) is 1. The van der Waals surface area contributed by atoms with Gasteiger partial charge in [-0.3, -0.25) is 9.59 Å². The Balaban J connectivity index is 1.83. The molecule has 8 atom stereocenters. The smallest absolute Gasteiger partial charge is 0.333 e. The normalized spacial score (nSPS) is 44.5. The van der Waals surface area contributed by atoms with Crippen molar-refractivity contribution in [1.29, 1.82) is 0 Å². The predicted molar refractivity (Wildman–Crippen MR) is 123 cm³/mol. The number of allylic oxidation sites excluding steroid dienone is 1. The molecule has 0 unspecified atom stereocenters. The van der Waals surface area contributed by atoms with Gasteiger partial charge in [0.15, 0.2) is 0 Å². The number of ether oxygens (including phenoxy) is 2. The summed E-state index contributed by atoms with van der Waals surface area (Å²) < 4.78 is 12.2. The van der Waals surface area contributed by atoms with Gasteiger partial charge in [0.1, 0.15) is 12.2 Å². The summed E-state index contributed by atoms with van der Waals surface area (Å²) in [6.45, 7) is 13.5. The van der Waals surface area contributed by atoms with Crippen molar-refractivity contribution in [3.63, 3.8) is 0 Å². The lowest BCUT2D eigenvalue weighted by molar-refractivity contribution is -0.224. The van der Waals surface area contributed by atoms with Crippen LogP contribution in [0.1, 0.15) is 79.6 Å². The number of aliphatic carboxylic acids is 1. The van der Waals surface area contributed by atoms with Gasteiger partial charge >= 0.3 is 17.9 Å². The van der Waals surface area contributed by atoms with Crippen molar-refractivity contribution in [3.05, 3.63) is 23.8 Å². The van der Waals surface area contributed by atoms with Gasteiger partial charge in [0.25, 0.3) is 0 Å². The highest BCUT2D eigenvalue weighted by atomic mass is 16.6. The van der Waals surface area contributed by atoms with Crippen LogP contribution in [0.15, 0.2) is 23.8 Å². The number of hydrogen-bond acceptors (Lipinski definition) is 5. The summed E-state index contributed by atoms with van der Waals surface area (Å²) >= 11 is 0. The Kier molecular flexibility index (Phi) is 5.82. The monoisotopic (exact) mass is 458 g/mol. The minimum Gasteiger partial charge on any atom is -0.481 e. The molecule has 0 aromatic carbocycles. The Morgan fingerprint density at radius 1 is 1.03 bits per heavy atom. The number of carboxylic acids is 1. The number of carboxylic acid groups (broad SMARTS) is 1. The molecule has 4 aliphatic rings. The van der Waals surface area contributed by atoms with E-state index in [2.05, 4.69) is 13.5 Å². The minimum absolute atomic E-state index is 0.0314. The molecular weight excluding hydrogens is 420 g/mol. The molecule has 4 fully saturated rings. The van der Waals surface area contributed by atoms with E-state index in [1.54, 1.807) is 13.0 Å². The Bertz CT molecular complexity index is 920. The molecule has 33 heavy (non-hydrogen) atoms. The van der Waals surface area contributed by atoms with E-state index in [0.717, 1.165) is 31.3 Å². The third-order valence-electron chi connectivity index (χ3n) is 10.0. The molecule has 0 aromatic rings. The van der Waals surface area contributed by atoms with Crippen LogP contribution in [0.25, 0.3) is 0 Å². The lowest BCUT2D eigenvalue weighted by Crippen LogP contribution is -2.64. The predicted octanol–water partition coefficient (Wildman–Crippen LogP) is 5.07. The number of carbonyl (C=O) groups is 3. The third-order valence-corrected chi connectivity index (χ3v) is 10.0. The summed E-state index contributed by atoms with van der Waals surface area (Å²) in [6.07, 6.45) is 6.39. The molecule has 0 radical (unpaired) electrons. The molecule has 0 aliphatic heterocycles. The standard InChI is InChI=1S/C27H38O6/c1-7-15(2)23(29)33-21-16(3)18-9-10-20-25(5)12-8-13-26(6,24(30)31)19(25)11-14-27(20,21)22(18)32-17(4)28/h7,18-22H,3,8-14H2,1-2,4-6H3,(H,30,31)/b15-7-/t18-,19+,20-,21-,22+,25-,26-,27-/m1/s1. The van der Waals surface area contributed by atoms with E-state index in [1.807, 2.05) is 13.8 Å². The average Bonchev–Trinajstić information content (AvgIpc) is 2.86. The van der Waals surface area contributed by atoms with Crippen LogP contribution in [0, 0.1) is 34.0 Å². The lowest BCUT2D eigenvalue weighted by atomic mass is 9.40. The van der Waals surface area contributed by atoms with Crippen molar-refractivity contribution in [2.75, 3.05) is 0 Å². The van der Waals surface area contributed by atoms with E-state index in [9.17, 15) is 19.5 Å². The zero-order chi connectivity index (χ0) is 24.3. The quantitative estimate of drug-likeness (QED) is 0.359. The van der Waals surface area contributed by atoms with Crippen LogP contribution in [0.4, 0.5) is 0 Å². The molecule has 4 aliphatic carbocycles. The van der Waals surface area contributed by atoms with Gasteiger partial charge < -0.3 is 14.6 Å². The summed E-state index contributed by atoms with van der Waals surface area (Å²) in [5.74, 6) is -1.33. The lowest BCUT2D eigenvalue weighted by Gasteiger charge is -2.64. The van der Waals surface area contributed by atoms with Crippen LogP contribution in [-0.4, -0.2) is 35.2 Å². The van der Waals surface area contributed by atoms with Crippen LogP contribution in [0.2, 0.25) is 0 Å². The molecule has 182 valence electrons. The Morgan fingerprint density at radius 2 is 1.73 bits per heavy atom. The van der Waals surface area contributed by atoms with Gasteiger partial charge in [0, 0.05) is 18.4 Å². The molecule has 6 nitrogen and oxygen atoms in total. The number of carbonyl (C=O) groups excluding carboxylic acids is 2. The van der Waals surface area contributed by atoms with Crippen LogP contribution in [0.5, 0.6) is 0 Å². The maximum absolute atomic E-state index is 12.9. The number of esters is 2. The Hall–Kier alpha value is -2.11. The molecule has 4 rings (SSSR count). The minimum atomic E-state index is -0.772. The van der Waals surface area contributed by atoms with Gasteiger partial charge in [-0.1, -0.05) is 26.0 Å². The largest absolute Gasteiger partial charge is 0.481 e. The maximum Gasteiger partial charge on any atom is 0.333 e. The average molecular weight is 459 g/mol. The highest BCUT2D eigenvalue weighted by Gasteiger charge is 2.73. The molecule has 0 saturated heterocycles. The fourth-order valence-electron chi connectivity index (χ4n) is 8.48. The maximum atomic E-state index is 12.9. The molecule has 0 aromatic heterocycles. The van der Waals surface area contributed by atoms with Crippen molar-refractivity contribution in [3.8, 4) is 0 Å². The highest BCUT2D eigenvalue weighted by Crippen LogP contribution is 2.73. The van der Waals surface area contributed by atoms with Crippen LogP contribution < -0.4 is 0 Å². The van der Waals surface area contributed by atoms with Gasteiger partial charge in [0.2, 0.25) is 0 Å². The molecule has 2 bridgehead atoms. The number of fused-ring (bicyclic) bond motifs is 3. The summed E-state index contributed by atoms with van der Waals surface area (Å²) in [6, 6.07) is 0. The van der Waals surface area contributed by atoms with E-state index in [-0.39, 0.29) is 41.2 Å². The SMILES string of the molecule is C=C1[C@H]2CC[C@@H]3[C@]4(C)CCC[C@@](C)(C(=O)O)[C@H]4CC[C@@]3([C@@H]1OC(=O)/C(C)=C\C)[C@H]2OC(C)=O. The first-order valence-electron chi connectivity index (χ1n) is 12.4. The van der Waals surface area contributed by atoms with E-state index >= 15 is 0 Å². The van der Waals surface area contributed by atoms with E-state index in [1.165, 1.54) is 6.92 Å². The van der Waals surface area contributed by atoms with Crippen LogP contribution in [0.3, 0.4) is 0 Å². The third kappa shape index (κ3) is 3.23. The molecule has 0 amide bonds. The summed E-state index contributed by atoms with van der Waals surface area (Å²) in [4.78, 5) is 37.5. The molecule has 1 spiro atoms. The first kappa shape index (κ1) is 24.0. The second kappa shape index (κ2) is 7.99. The van der Waals surface area contributed by atoms with Crippen molar-refractivity contribution in [2.24, 2.45) is 34.0 Å². The molecule has 1 N–H and O–H groups in total. The van der Waals surface area contributed by atoms with Crippen molar-refractivity contribution < 1.29 is 29.0 Å². The van der Waals surface area contributed by atoms with Crippen LogP contribution in [-0.2, 0) is 23.9 Å². The van der Waals surface area contributed by atoms with Gasteiger partial charge in [-0.25, -0.2) is 4.79 Å². The van der Waals surface area contributed by atoms with E-state index in [0.29, 0.717) is 24.8 Å². The Morgan fingerprint density at radius 3 is 2.33 bits per heavy atom. The van der Waals surface area contributed by atoms with Gasteiger partial charge in [-0.2, -0.15) is 0 Å². The first-order valence-corrected chi connectivity index (χ1v) is 12.4. The van der Waals surface area contributed by atoms with Gasteiger partial charge in [-0.05, 0) is 82.1 Å². The molecule has 0 heterocycles. The second-order valence-corrected chi connectivity index (χ2v) is 11.4. The highest BCUT2D eigenvalue weighted by molar-refractivity contribution is 5.88. The van der Waals surface area contributed by atoms with Crippen molar-refractivity contribution in [1.82, 2.24) is 0 Å². The van der Waals surface area contributed by atoms with E-state index < -0.39 is 22.9 Å². The molecular formula is C27H38O6. The fourth-order valence-corrected chi connectivity index (χ4v) is 8.48. The number of rotatable bonds is 4. The fraction of sp³-hybridized carbons (Fsp3) is 0.741. The Labute approximate surface area is 196 Å². The van der Waals surface area contributed by atoms with Crippen LogP contribution >= 0.6 is 0 Å². The molecule has 6 heteroatoms. The zero-order valence-electron chi connectivity index (χ0n) is 20.6. The first-order chi connectivity index (χ1) is 15.4. The van der Waals surface area contributed by atoms with Gasteiger partial charge in [0.05, 0.1) is 10.8 Å². The molecule has 4 saturated carbocycles. The summed E-state index contributed by atoms with van der Waals surface area (Å²) in [5.41, 5.74) is -0.182. The summed E-state index contributed by atoms with van der Waals surface area (Å²) in [5, 5.41) is 10.2. The van der Waals surface area contributed by atoms with E-state index in [4.69, 9.17) is 9.47 Å². The zero-order valence-corrected chi connectivity index (χ0v) is 20.6. The topological polar surface area (TPSA) is 89.9 Å². The summed E-state index contributed by atoms with van der Waals surface area (Å²) in [7, 11) is 0. The van der Waals surface area contributed by atoms with Gasteiger partial charge in [-0.15, -0.1) is 0 Å². The second-order valence-electron chi connectivity index (χ2n) is 11.4. The van der Waals surface area contributed by atoms with Crippen molar-refractivity contribution >= 4 is 17.9 Å². The van der Waals surface area contributed by atoms with Crippen molar-refractivity contribution in [2.45, 2.75) is 91.8 Å².